The van der Waals surface area contributed by atoms with E-state index in [0.29, 0.717) is 16.0 Å². The van der Waals surface area contributed by atoms with Crippen LogP contribution in [0.3, 0.4) is 0 Å². The number of carboxylic acid groups (broad SMARTS) is 1. The molecule has 0 aliphatic heterocycles. The Balaban J connectivity index is 2.69. The number of allylic oxidation sites excluding steroid dienone is 2. The maximum Gasteiger partial charge on any atom is 0.328 e. The summed E-state index contributed by atoms with van der Waals surface area (Å²) in [4.78, 5) is 10.3. The summed E-state index contributed by atoms with van der Waals surface area (Å²) in [6.07, 6.45) is 4.52. The lowest BCUT2D eigenvalue weighted by molar-refractivity contribution is -0.131. The monoisotopic (exact) mass is 256 g/mol. The Labute approximate surface area is 89.9 Å². The zero-order valence-corrected chi connectivity index (χ0v) is 9.11. The van der Waals surface area contributed by atoms with E-state index in [0.717, 1.165) is 6.08 Å². The number of hydrogen-bond donors (Lipinski definition) is 1. The fraction of sp³-hybridized carbons (Fsp3) is 0.100. The fourth-order valence-electron chi connectivity index (χ4n) is 0.874. The Hall–Kier alpha value is -1.29. The molecule has 0 fully saturated rings. The van der Waals surface area contributed by atoms with E-state index in [2.05, 4.69) is 15.9 Å². The number of aliphatic carboxylic acids is 1. The van der Waals surface area contributed by atoms with E-state index in [-0.39, 0.29) is 0 Å². The second kappa shape index (κ2) is 4.81. The summed E-state index contributed by atoms with van der Waals surface area (Å²) in [6.45, 7) is 1.71. The van der Waals surface area contributed by atoms with Crippen LogP contribution in [0.15, 0.2) is 38.9 Å². The van der Waals surface area contributed by atoms with Crippen molar-refractivity contribution >= 4 is 28.0 Å². The molecule has 0 bridgehead atoms. The van der Waals surface area contributed by atoms with Gasteiger partial charge in [-0.2, -0.15) is 0 Å². The predicted molar refractivity (Wildman–Crippen MR) is 56.8 cm³/mol. The third kappa shape index (κ3) is 3.62. The van der Waals surface area contributed by atoms with Gasteiger partial charge >= 0.3 is 5.97 Å². The van der Waals surface area contributed by atoms with Crippen LogP contribution >= 0.6 is 15.9 Å². The molecule has 1 heterocycles. The second-order valence-corrected chi connectivity index (χ2v) is 3.48. The molecule has 14 heavy (non-hydrogen) atoms. The third-order valence-corrected chi connectivity index (χ3v) is 1.88. The average molecular weight is 257 g/mol. The Morgan fingerprint density at radius 2 is 2.29 bits per heavy atom. The summed E-state index contributed by atoms with van der Waals surface area (Å²) < 4.78 is 5.84. The first-order valence-corrected chi connectivity index (χ1v) is 4.72. The summed E-state index contributed by atoms with van der Waals surface area (Å²) in [6, 6.07) is 3.56. The maximum absolute atomic E-state index is 10.3. The van der Waals surface area contributed by atoms with Gasteiger partial charge in [-0.1, -0.05) is 6.08 Å². The maximum atomic E-state index is 10.3. The molecule has 1 aromatic heterocycles. The minimum absolute atomic E-state index is 0.650. The third-order valence-electron chi connectivity index (χ3n) is 1.46. The molecule has 0 spiro atoms. The number of rotatable bonds is 3. The summed E-state index contributed by atoms with van der Waals surface area (Å²) in [5, 5.41) is 8.44. The van der Waals surface area contributed by atoms with Crippen molar-refractivity contribution in [1.82, 2.24) is 0 Å². The molecule has 0 aliphatic carbocycles. The van der Waals surface area contributed by atoms with Crippen molar-refractivity contribution in [2.75, 3.05) is 0 Å². The summed E-state index contributed by atoms with van der Waals surface area (Å²) in [7, 11) is 0. The molecule has 1 N–H and O–H groups in total. The molecule has 0 atom stereocenters. The Morgan fingerprint density at radius 1 is 1.57 bits per heavy atom. The van der Waals surface area contributed by atoms with Gasteiger partial charge in [0.1, 0.15) is 5.76 Å². The van der Waals surface area contributed by atoms with Crippen LogP contribution in [0, 0.1) is 0 Å². The SMILES string of the molecule is CC(C=Cc1ccc(Br)o1)=CC(=O)O. The first-order valence-electron chi connectivity index (χ1n) is 3.92. The second-order valence-electron chi connectivity index (χ2n) is 2.70. The Bertz CT molecular complexity index is 388. The highest BCUT2D eigenvalue weighted by atomic mass is 79.9. The van der Waals surface area contributed by atoms with E-state index in [9.17, 15) is 4.79 Å². The quantitative estimate of drug-likeness (QED) is 0.668. The van der Waals surface area contributed by atoms with E-state index in [1.807, 2.05) is 0 Å². The van der Waals surface area contributed by atoms with E-state index in [1.165, 1.54) is 0 Å². The van der Waals surface area contributed by atoms with Crippen molar-refractivity contribution in [3.63, 3.8) is 0 Å². The van der Waals surface area contributed by atoms with Gasteiger partial charge < -0.3 is 9.52 Å². The van der Waals surface area contributed by atoms with Gasteiger partial charge in [-0.05, 0) is 46.6 Å². The molecule has 0 saturated carbocycles. The molecule has 1 rings (SSSR count). The zero-order valence-electron chi connectivity index (χ0n) is 7.53. The zero-order chi connectivity index (χ0) is 10.6. The van der Waals surface area contributed by atoms with E-state index >= 15 is 0 Å². The summed E-state index contributed by atoms with van der Waals surface area (Å²) in [5.41, 5.74) is 0.657. The van der Waals surface area contributed by atoms with Gasteiger partial charge in [-0.3, -0.25) is 0 Å². The van der Waals surface area contributed by atoms with Crippen LogP contribution in [0.1, 0.15) is 12.7 Å². The molecule has 0 saturated heterocycles. The average Bonchev–Trinajstić information content (AvgIpc) is 2.47. The molecule has 0 unspecified atom stereocenters. The number of furan rings is 1. The van der Waals surface area contributed by atoms with Crippen molar-refractivity contribution in [2.24, 2.45) is 0 Å². The van der Waals surface area contributed by atoms with Gasteiger partial charge in [-0.15, -0.1) is 0 Å². The van der Waals surface area contributed by atoms with E-state index in [1.54, 1.807) is 31.2 Å². The van der Waals surface area contributed by atoms with Crippen LogP contribution in [0.25, 0.3) is 6.08 Å². The summed E-state index contributed by atoms with van der Waals surface area (Å²) >= 11 is 3.17. The first kappa shape index (κ1) is 10.8. The summed E-state index contributed by atoms with van der Waals surface area (Å²) in [5.74, 6) is -0.275. The van der Waals surface area contributed by atoms with Crippen molar-refractivity contribution in [3.8, 4) is 0 Å². The largest absolute Gasteiger partial charge is 0.478 e. The normalized spacial score (nSPS) is 12.3. The predicted octanol–water partition coefficient (Wildman–Crippen LogP) is 3.09. The molecule has 0 radical (unpaired) electrons. The van der Waals surface area contributed by atoms with Crippen LogP contribution in [0.2, 0.25) is 0 Å². The van der Waals surface area contributed by atoms with Crippen molar-refractivity contribution in [2.45, 2.75) is 6.92 Å². The molecule has 0 aliphatic rings. The topological polar surface area (TPSA) is 50.4 Å². The van der Waals surface area contributed by atoms with Crippen LogP contribution in [0.5, 0.6) is 0 Å². The lowest BCUT2D eigenvalue weighted by Crippen LogP contribution is -1.87. The Morgan fingerprint density at radius 3 is 2.79 bits per heavy atom. The lowest BCUT2D eigenvalue weighted by Gasteiger charge is -1.88. The van der Waals surface area contributed by atoms with E-state index < -0.39 is 5.97 Å². The molecule has 0 amide bonds. The van der Waals surface area contributed by atoms with E-state index in [4.69, 9.17) is 9.52 Å². The molecule has 0 aromatic carbocycles. The van der Waals surface area contributed by atoms with Crippen LogP contribution in [-0.2, 0) is 4.79 Å². The van der Waals surface area contributed by atoms with Gasteiger partial charge in [0.05, 0.1) is 0 Å². The molecule has 3 nitrogen and oxygen atoms in total. The first-order chi connectivity index (χ1) is 6.58. The minimum Gasteiger partial charge on any atom is -0.478 e. The smallest absolute Gasteiger partial charge is 0.328 e. The number of carboxylic acids is 1. The van der Waals surface area contributed by atoms with Gasteiger partial charge in [0, 0.05) is 6.08 Å². The number of halogens is 1. The fourth-order valence-corrected chi connectivity index (χ4v) is 1.19. The molecule has 4 heteroatoms. The van der Waals surface area contributed by atoms with Gasteiger partial charge in [0.15, 0.2) is 4.67 Å². The number of hydrogen-bond acceptors (Lipinski definition) is 2. The van der Waals surface area contributed by atoms with Gasteiger partial charge in [0.25, 0.3) is 0 Å². The Kier molecular flexibility index (Phi) is 3.71. The molecule has 74 valence electrons. The van der Waals surface area contributed by atoms with Crippen LogP contribution in [0.4, 0.5) is 0 Å². The standard InChI is InChI=1S/C10H9BrO3/c1-7(6-10(12)13)2-3-8-4-5-9(11)14-8/h2-6H,1H3,(H,12,13). The van der Waals surface area contributed by atoms with Crippen molar-refractivity contribution in [3.05, 3.63) is 40.3 Å². The molecule has 1 aromatic rings. The van der Waals surface area contributed by atoms with Gasteiger partial charge in [0.2, 0.25) is 0 Å². The lowest BCUT2D eigenvalue weighted by atomic mass is 10.2. The highest BCUT2D eigenvalue weighted by molar-refractivity contribution is 9.10. The van der Waals surface area contributed by atoms with Crippen molar-refractivity contribution < 1.29 is 14.3 Å². The number of carbonyl (C=O) groups is 1. The van der Waals surface area contributed by atoms with Crippen LogP contribution < -0.4 is 0 Å². The minimum atomic E-state index is -0.951. The van der Waals surface area contributed by atoms with Crippen LogP contribution in [-0.4, -0.2) is 11.1 Å². The highest BCUT2D eigenvalue weighted by Gasteiger charge is 1.94. The van der Waals surface area contributed by atoms with Gasteiger partial charge in [-0.25, -0.2) is 4.79 Å². The van der Waals surface area contributed by atoms with Crippen molar-refractivity contribution in [1.29, 1.82) is 0 Å². The molecular weight excluding hydrogens is 248 g/mol. The highest BCUT2D eigenvalue weighted by Crippen LogP contribution is 2.15. The molecular formula is C10H9BrO3.